The number of sulfone groups is 1. The van der Waals surface area contributed by atoms with Gasteiger partial charge >= 0.3 is 0 Å². The Balaban J connectivity index is 1.32. The standard InChI is InChI=1S/C27H32N8O3S/c1-16(2)35-23-9-25(31-24-7-8-28-27(32-24)18-11-30-34(14-18)20-5-6-20)29-12-21(23)22(10-26(35)36)33-13-19(17(33)3)15-39(4,37)38/h7-12,14,16-17,19-20H,5-6,13,15H2,1-4H3,(H,28,29,31,32)/t17-,19-/m1/s1. The molecule has 5 heterocycles. The van der Waals surface area contributed by atoms with E-state index in [-0.39, 0.29) is 29.3 Å². The van der Waals surface area contributed by atoms with Gasteiger partial charge in [0.25, 0.3) is 5.56 Å². The van der Waals surface area contributed by atoms with E-state index in [1.165, 1.54) is 6.26 Å². The quantitative estimate of drug-likeness (QED) is 0.351. The van der Waals surface area contributed by atoms with Crippen LogP contribution in [0.2, 0.25) is 0 Å². The number of fused-ring (bicyclic) bond motifs is 1. The predicted octanol–water partition coefficient (Wildman–Crippen LogP) is 3.58. The van der Waals surface area contributed by atoms with Crippen LogP contribution in [0.15, 0.2) is 47.8 Å². The maximum Gasteiger partial charge on any atom is 0.253 e. The lowest BCUT2D eigenvalue weighted by Crippen LogP contribution is -2.57. The highest BCUT2D eigenvalue weighted by Crippen LogP contribution is 2.37. The van der Waals surface area contributed by atoms with Crippen LogP contribution in [0.25, 0.3) is 22.3 Å². The number of nitrogens with one attached hydrogen (secondary N) is 1. The SMILES string of the molecule is CC(C)n1c(=O)cc(N2C[C@H](CS(C)(=O)=O)[C@H]2C)c2cnc(Nc3ccnc(-c4cnn(C5CC5)c4)n3)cc21. The third-order valence-electron chi connectivity index (χ3n) is 7.56. The molecule has 11 nitrogen and oxygen atoms in total. The van der Waals surface area contributed by atoms with Crippen molar-refractivity contribution in [1.82, 2.24) is 29.3 Å². The molecular formula is C27H32N8O3S. The summed E-state index contributed by atoms with van der Waals surface area (Å²) in [5, 5.41) is 8.54. The Labute approximate surface area is 226 Å². The van der Waals surface area contributed by atoms with Gasteiger partial charge in [0.15, 0.2) is 5.82 Å². The van der Waals surface area contributed by atoms with Crippen LogP contribution in [-0.4, -0.2) is 62.3 Å². The van der Waals surface area contributed by atoms with Gasteiger partial charge in [-0.1, -0.05) is 0 Å². The smallest absolute Gasteiger partial charge is 0.253 e. The molecule has 0 aromatic carbocycles. The molecule has 0 radical (unpaired) electrons. The summed E-state index contributed by atoms with van der Waals surface area (Å²) in [6, 6.07) is 5.70. The summed E-state index contributed by atoms with van der Waals surface area (Å²) in [6.45, 7) is 6.53. The molecule has 1 N–H and O–H groups in total. The molecule has 2 aliphatic rings. The molecule has 0 amide bonds. The van der Waals surface area contributed by atoms with Crippen molar-refractivity contribution in [1.29, 1.82) is 0 Å². The number of hydrogen-bond donors (Lipinski definition) is 1. The van der Waals surface area contributed by atoms with Gasteiger partial charge in [-0.05, 0) is 39.7 Å². The zero-order valence-electron chi connectivity index (χ0n) is 22.4. The molecule has 0 bridgehead atoms. The largest absolute Gasteiger partial charge is 0.367 e. The molecule has 0 unspecified atom stereocenters. The highest BCUT2D eigenvalue weighted by molar-refractivity contribution is 7.90. The lowest BCUT2D eigenvalue weighted by Gasteiger charge is -2.48. The van der Waals surface area contributed by atoms with Gasteiger partial charge in [-0.2, -0.15) is 5.10 Å². The maximum atomic E-state index is 13.3. The van der Waals surface area contributed by atoms with Crippen molar-refractivity contribution in [3.63, 3.8) is 0 Å². The average Bonchev–Trinajstić information content (AvgIpc) is 3.61. The summed E-state index contributed by atoms with van der Waals surface area (Å²) in [4.78, 5) is 29.1. The first-order valence-corrected chi connectivity index (χ1v) is 15.3. The van der Waals surface area contributed by atoms with Gasteiger partial charge < -0.3 is 14.8 Å². The van der Waals surface area contributed by atoms with E-state index in [0.29, 0.717) is 30.0 Å². The van der Waals surface area contributed by atoms with E-state index >= 15 is 0 Å². The van der Waals surface area contributed by atoms with Gasteiger partial charge in [-0.15, -0.1) is 0 Å². The molecule has 1 aliphatic carbocycles. The summed E-state index contributed by atoms with van der Waals surface area (Å²) < 4.78 is 27.4. The highest BCUT2D eigenvalue weighted by Gasteiger charge is 2.38. The third-order valence-corrected chi connectivity index (χ3v) is 8.59. The van der Waals surface area contributed by atoms with E-state index in [9.17, 15) is 13.2 Å². The molecule has 4 aromatic rings. The first kappa shape index (κ1) is 25.5. The zero-order chi connectivity index (χ0) is 27.5. The lowest BCUT2D eigenvalue weighted by atomic mass is 9.90. The van der Waals surface area contributed by atoms with Crippen molar-refractivity contribution in [2.24, 2.45) is 5.92 Å². The molecular weight excluding hydrogens is 516 g/mol. The first-order chi connectivity index (χ1) is 18.6. The minimum atomic E-state index is -3.08. The van der Waals surface area contributed by atoms with E-state index in [4.69, 9.17) is 0 Å². The summed E-state index contributed by atoms with van der Waals surface area (Å²) in [7, 11) is -3.08. The van der Waals surface area contributed by atoms with Gasteiger partial charge in [-0.3, -0.25) is 9.48 Å². The molecule has 12 heteroatoms. The van der Waals surface area contributed by atoms with E-state index in [1.807, 2.05) is 37.7 Å². The van der Waals surface area contributed by atoms with Gasteiger partial charge in [0.05, 0.1) is 34.8 Å². The van der Waals surface area contributed by atoms with Crippen LogP contribution >= 0.6 is 0 Å². The topological polar surface area (TPSA) is 128 Å². The molecule has 6 rings (SSSR count). The van der Waals surface area contributed by atoms with Gasteiger partial charge in [0.1, 0.15) is 21.5 Å². The average molecular weight is 549 g/mol. The fourth-order valence-corrected chi connectivity index (χ4v) is 6.50. The Morgan fingerprint density at radius 2 is 1.92 bits per heavy atom. The van der Waals surface area contributed by atoms with Crippen LogP contribution in [0.1, 0.15) is 45.7 Å². The van der Waals surface area contributed by atoms with E-state index in [1.54, 1.807) is 35.3 Å². The minimum absolute atomic E-state index is 0.00117. The Hall–Kier alpha value is -3.80. The second-order valence-electron chi connectivity index (χ2n) is 11.0. The van der Waals surface area contributed by atoms with Crippen LogP contribution in [0.3, 0.4) is 0 Å². The van der Waals surface area contributed by atoms with Crippen molar-refractivity contribution in [3.8, 4) is 11.4 Å². The molecule has 2 atom stereocenters. The monoisotopic (exact) mass is 548 g/mol. The van der Waals surface area contributed by atoms with Crippen LogP contribution < -0.4 is 15.8 Å². The number of hydrogen-bond acceptors (Lipinski definition) is 9. The minimum Gasteiger partial charge on any atom is -0.367 e. The third kappa shape index (κ3) is 5.00. The normalized spacial score (nSPS) is 19.5. The summed E-state index contributed by atoms with van der Waals surface area (Å²) in [5.41, 5.74) is 2.28. The van der Waals surface area contributed by atoms with Gasteiger partial charge in [0.2, 0.25) is 0 Å². The fourth-order valence-electron chi connectivity index (χ4n) is 5.34. The van der Waals surface area contributed by atoms with Crippen LogP contribution in [-0.2, 0) is 9.84 Å². The van der Waals surface area contributed by atoms with Crippen molar-refractivity contribution < 1.29 is 8.42 Å². The van der Waals surface area contributed by atoms with Crippen molar-refractivity contribution in [3.05, 3.63) is 53.3 Å². The number of pyridine rings is 2. The summed E-state index contributed by atoms with van der Waals surface area (Å²) in [6.07, 6.45) is 10.8. The van der Waals surface area contributed by atoms with Crippen LogP contribution in [0.4, 0.5) is 17.3 Å². The molecule has 1 saturated heterocycles. The summed E-state index contributed by atoms with van der Waals surface area (Å²) >= 11 is 0. The fraction of sp³-hybridized carbons (Fsp3) is 0.444. The number of anilines is 3. The molecule has 1 saturated carbocycles. The van der Waals surface area contributed by atoms with E-state index in [2.05, 4.69) is 30.3 Å². The van der Waals surface area contributed by atoms with Crippen molar-refractivity contribution in [2.45, 2.75) is 51.7 Å². The van der Waals surface area contributed by atoms with Crippen molar-refractivity contribution >= 4 is 38.1 Å². The molecule has 0 spiro atoms. The van der Waals surface area contributed by atoms with Gasteiger partial charge in [0, 0.05) is 66.9 Å². The number of aromatic nitrogens is 6. The molecule has 1 aliphatic heterocycles. The Morgan fingerprint density at radius 3 is 2.62 bits per heavy atom. The van der Waals surface area contributed by atoms with Crippen LogP contribution in [0, 0.1) is 5.92 Å². The second-order valence-corrected chi connectivity index (χ2v) is 13.2. The molecule has 2 fully saturated rings. The highest BCUT2D eigenvalue weighted by atomic mass is 32.2. The molecule has 39 heavy (non-hydrogen) atoms. The maximum absolute atomic E-state index is 13.3. The molecule has 4 aromatic heterocycles. The van der Waals surface area contributed by atoms with Gasteiger partial charge in [-0.25, -0.2) is 23.4 Å². The van der Waals surface area contributed by atoms with E-state index < -0.39 is 9.84 Å². The Morgan fingerprint density at radius 1 is 1.13 bits per heavy atom. The Kier molecular flexibility index (Phi) is 6.17. The number of rotatable bonds is 8. The zero-order valence-corrected chi connectivity index (χ0v) is 23.3. The predicted molar refractivity (Wildman–Crippen MR) is 151 cm³/mol. The Bertz CT molecular complexity index is 1720. The van der Waals surface area contributed by atoms with Crippen LogP contribution in [0.5, 0.6) is 0 Å². The van der Waals surface area contributed by atoms with Crippen molar-refractivity contribution in [2.75, 3.05) is 28.8 Å². The lowest BCUT2D eigenvalue weighted by molar-refractivity contribution is 0.341. The van der Waals surface area contributed by atoms with E-state index in [0.717, 1.165) is 35.0 Å². The summed E-state index contributed by atoms with van der Waals surface area (Å²) in [5.74, 6) is 1.88. The number of nitrogens with zero attached hydrogens (tertiary/aromatic N) is 7. The second kappa shape index (κ2) is 9.44. The first-order valence-electron chi connectivity index (χ1n) is 13.2. The molecule has 204 valence electrons.